The molecule has 21 heavy (non-hydrogen) atoms. The number of benzene rings is 2. The van der Waals surface area contributed by atoms with Gasteiger partial charge < -0.3 is 11.1 Å². The lowest BCUT2D eigenvalue weighted by molar-refractivity contribution is -0.117. The van der Waals surface area contributed by atoms with E-state index in [4.69, 9.17) is 28.9 Å². The summed E-state index contributed by atoms with van der Waals surface area (Å²) in [5, 5.41) is 3.71. The third kappa shape index (κ3) is 4.21. The predicted molar refractivity (Wildman–Crippen MR) is 88.0 cm³/mol. The summed E-state index contributed by atoms with van der Waals surface area (Å²) >= 11 is 12.1. The molecule has 0 spiro atoms. The molecule has 2 rings (SSSR count). The molecular formula is C16H16Cl2N2O. The molecule has 0 aromatic heterocycles. The van der Waals surface area contributed by atoms with Gasteiger partial charge in [0.1, 0.15) is 0 Å². The molecule has 2 aromatic rings. The minimum atomic E-state index is -0.649. The van der Waals surface area contributed by atoms with Gasteiger partial charge in [-0.2, -0.15) is 0 Å². The van der Waals surface area contributed by atoms with Crippen molar-refractivity contribution in [3.8, 4) is 0 Å². The highest BCUT2D eigenvalue weighted by Gasteiger charge is 2.16. The van der Waals surface area contributed by atoms with Crippen LogP contribution in [-0.2, 0) is 11.2 Å². The van der Waals surface area contributed by atoms with Crippen LogP contribution in [-0.4, -0.2) is 11.9 Å². The van der Waals surface area contributed by atoms with Crippen LogP contribution >= 0.6 is 23.2 Å². The van der Waals surface area contributed by atoms with E-state index < -0.39 is 6.04 Å². The molecule has 0 saturated heterocycles. The number of anilines is 1. The van der Waals surface area contributed by atoms with Crippen molar-refractivity contribution in [2.24, 2.45) is 5.73 Å². The quantitative estimate of drug-likeness (QED) is 0.899. The Morgan fingerprint density at radius 2 is 1.86 bits per heavy atom. The molecular weight excluding hydrogens is 307 g/mol. The maximum Gasteiger partial charge on any atom is 0.241 e. The number of hydrogen-bond acceptors (Lipinski definition) is 2. The highest BCUT2D eigenvalue weighted by atomic mass is 35.5. The van der Waals surface area contributed by atoms with Crippen LogP contribution in [0, 0.1) is 6.92 Å². The minimum Gasteiger partial charge on any atom is -0.323 e. The van der Waals surface area contributed by atoms with Crippen molar-refractivity contribution in [2.75, 3.05) is 5.32 Å². The number of rotatable bonds is 4. The SMILES string of the molecule is Cc1cc(Cl)c(NC(=O)C(N)Cc2ccccc2)cc1Cl. The first-order valence-electron chi connectivity index (χ1n) is 6.53. The third-order valence-corrected chi connectivity index (χ3v) is 3.86. The van der Waals surface area contributed by atoms with E-state index in [1.807, 2.05) is 37.3 Å². The van der Waals surface area contributed by atoms with Crippen LogP contribution in [0.1, 0.15) is 11.1 Å². The fourth-order valence-electron chi connectivity index (χ4n) is 1.93. The van der Waals surface area contributed by atoms with Gasteiger partial charge in [0.15, 0.2) is 0 Å². The molecule has 0 fully saturated rings. The van der Waals surface area contributed by atoms with Crippen LogP contribution in [0.2, 0.25) is 10.0 Å². The van der Waals surface area contributed by atoms with Crippen LogP contribution in [0.4, 0.5) is 5.69 Å². The van der Waals surface area contributed by atoms with E-state index in [-0.39, 0.29) is 5.91 Å². The number of nitrogens with one attached hydrogen (secondary N) is 1. The van der Waals surface area contributed by atoms with Crippen LogP contribution in [0.15, 0.2) is 42.5 Å². The zero-order valence-electron chi connectivity index (χ0n) is 11.6. The molecule has 3 nitrogen and oxygen atoms in total. The van der Waals surface area contributed by atoms with Crippen molar-refractivity contribution in [1.29, 1.82) is 0 Å². The summed E-state index contributed by atoms with van der Waals surface area (Å²) in [5.41, 5.74) is 8.26. The molecule has 1 atom stereocenters. The lowest BCUT2D eigenvalue weighted by Crippen LogP contribution is -2.37. The minimum absolute atomic E-state index is 0.291. The van der Waals surface area contributed by atoms with Gasteiger partial charge in [-0.25, -0.2) is 0 Å². The fourth-order valence-corrected chi connectivity index (χ4v) is 2.36. The Morgan fingerprint density at radius 3 is 2.52 bits per heavy atom. The monoisotopic (exact) mass is 322 g/mol. The van der Waals surface area contributed by atoms with Gasteiger partial charge in [-0.05, 0) is 36.6 Å². The van der Waals surface area contributed by atoms with Gasteiger partial charge >= 0.3 is 0 Å². The fraction of sp³-hybridized carbons (Fsp3) is 0.188. The van der Waals surface area contributed by atoms with E-state index in [1.165, 1.54) is 0 Å². The highest BCUT2D eigenvalue weighted by molar-refractivity contribution is 6.36. The summed E-state index contributed by atoms with van der Waals surface area (Å²) in [6, 6.07) is 12.3. The molecule has 0 radical (unpaired) electrons. The Labute approximate surface area is 134 Å². The molecule has 2 aromatic carbocycles. The first kappa shape index (κ1) is 15.8. The molecule has 3 N–H and O–H groups in total. The van der Waals surface area contributed by atoms with Gasteiger partial charge in [0.05, 0.1) is 16.8 Å². The standard InChI is InChI=1S/C16H16Cl2N2O/c1-10-7-13(18)15(9-12(10)17)20-16(21)14(19)8-11-5-3-2-4-6-11/h2-7,9,14H,8,19H2,1H3,(H,20,21). The average molecular weight is 323 g/mol. The summed E-state index contributed by atoms with van der Waals surface area (Å²) in [5.74, 6) is -0.291. The van der Waals surface area contributed by atoms with Gasteiger partial charge in [0, 0.05) is 5.02 Å². The highest BCUT2D eigenvalue weighted by Crippen LogP contribution is 2.28. The van der Waals surface area contributed by atoms with Gasteiger partial charge in [0.2, 0.25) is 5.91 Å². The Hall–Kier alpha value is -1.55. The topological polar surface area (TPSA) is 55.1 Å². The summed E-state index contributed by atoms with van der Waals surface area (Å²) < 4.78 is 0. The number of aryl methyl sites for hydroxylation is 1. The van der Waals surface area contributed by atoms with Crippen molar-refractivity contribution in [3.05, 3.63) is 63.6 Å². The number of amides is 1. The lowest BCUT2D eigenvalue weighted by atomic mass is 10.1. The Morgan fingerprint density at radius 1 is 1.19 bits per heavy atom. The van der Waals surface area contributed by atoms with Crippen LogP contribution in [0.5, 0.6) is 0 Å². The third-order valence-electron chi connectivity index (χ3n) is 3.14. The number of carbonyl (C=O) groups is 1. The number of halogens is 2. The number of hydrogen-bond donors (Lipinski definition) is 2. The Bertz CT molecular complexity index is 644. The zero-order chi connectivity index (χ0) is 15.4. The summed E-state index contributed by atoms with van der Waals surface area (Å²) in [6.45, 7) is 1.85. The molecule has 0 bridgehead atoms. The summed E-state index contributed by atoms with van der Waals surface area (Å²) in [4.78, 5) is 12.1. The molecule has 0 aliphatic rings. The number of carbonyl (C=O) groups excluding carboxylic acids is 1. The van der Waals surface area contributed by atoms with Crippen molar-refractivity contribution < 1.29 is 4.79 Å². The van der Waals surface area contributed by atoms with Crippen LogP contribution < -0.4 is 11.1 Å². The van der Waals surface area contributed by atoms with E-state index >= 15 is 0 Å². The van der Waals surface area contributed by atoms with Gasteiger partial charge in [-0.15, -0.1) is 0 Å². The Kier molecular flexibility index (Phi) is 5.23. The van der Waals surface area contributed by atoms with Crippen molar-refractivity contribution >= 4 is 34.8 Å². The molecule has 0 saturated carbocycles. The second-order valence-corrected chi connectivity index (χ2v) is 5.68. The molecule has 0 aliphatic carbocycles. The first-order valence-corrected chi connectivity index (χ1v) is 7.29. The van der Waals surface area contributed by atoms with E-state index in [0.717, 1.165) is 11.1 Å². The second-order valence-electron chi connectivity index (χ2n) is 4.87. The largest absolute Gasteiger partial charge is 0.323 e. The number of nitrogens with two attached hydrogens (primary N) is 1. The molecule has 1 amide bonds. The molecule has 0 heterocycles. The summed E-state index contributed by atoms with van der Waals surface area (Å²) in [6.07, 6.45) is 0.462. The maximum absolute atomic E-state index is 12.1. The summed E-state index contributed by atoms with van der Waals surface area (Å²) in [7, 11) is 0. The maximum atomic E-state index is 12.1. The van der Waals surface area contributed by atoms with Crippen LogP contribution in [0.25, 0.3) is 0 Å². The van der Waals surface area contributed by atoms with E-state index in [1.54, 1.807) is 12.1 Å². The van der Waals surface area contributed by atoms with E-state index in [0.29, 0.717) is 22.2 Å². The molecule has 110 valence electrons. The zero-order valence-corrected chi connectivity index (χ0v) is 13.1. The molecule has 1 unspecified atom stereocenters. The first-order chi connectivity index (χ1) is 9.97. The molecule has 0 aliphatic heterocycles. The lowest BCUT2D eigenvalue weighted by Gasteiger charge is -2.14. The predicted octanol–water partition coefficient (Wildman–Crippen LogP) is 3.81. The average Bonchev–Trinajstić information content (AvgIpc) is 2.45. The van der Waals surface area contributed by atoms with E-state index in [9.17, 15) is 4.79 Å². The second kappa shape index (κ2) is 6.94. The van der Waals surface area contributed by atoms with Crippen molar-refractivity contribution in [1.82, 2.24) is 0 Å². The van der Waals surface area contributed by atoms with E-state index in [2.05, 4.69) is 5.32 Å². The van der Waals surface area contributed by atoms with Gasteiger partial charge in [0.25, 0.3) is 0 Å². The molecule has 5 heteroatoms. The van der Waals surface area contributed by atoms with Gasteiger partial charge in [-0.1, -0.05) is 53.5 Å². The van der Waals surface area contributed by atoms with Crippen molar-refractivity contribution in [2.45, 2.75) is 19.4 Å². The normalized spacial score (nSPS) is 12.0. The van der Waals surface area contributed by atoms with Crippen LogP contribution in [0.3, 0.4) is 0 Å². The Balaban J connectivity index is 2.06. The van der Waals surface area contributed by atoms with Gasteiger partial charge in [-0.3, -0.25) is 4.79 Å². The smallest absolute Gasteiger partial charge is 0.241 e. The van der Waals surface area contributed by atoms with Crippen molar-refractivity contribution in [3.63, 3.8) is 0 Å².